The minimum Gasteiger partial charge on any atom is -0.495 e. The van der Waals surface area contributed by atoms with Crippen LogP contribution in [0, 0.1) is 24.0 Å². The molecule has 0 bridgehead atoms. The Morgan fingerprint density at radius 3 is 2.36 bits per heavy atom. The van der Waals surface area contributed by atoms with Crippen LogP contribution in [0.3, 0.4) is 0 Å². The first-order chi connectivity index (χ1) is 33.1. The number of halogens is 2. The van der Waals surface area contributed by atoms with Crippen LogP contribution in [0.15, 0.2) is 85.2 Å². The van der Waals surface area contributed by atoms with E-state index < -0.39 is 23.1 Å². The van der Waals surface area contributed by atoms with E-state index in [-0.39, 0.29) is 53.6 Å². The van der Waals surface area contributed by atoms with Crippen LogP contribution in [0.4, 0.5) is 20.2 Å². The molecule has 6 aromatic rings. The molecule has 0 saturated carbocycles. The van der Waals surface area contributed by atoms with E-state index in [1.165, 1.54) is 62.0 Å². The number of carbonyl (C=O) groups is 4. The van der Waals surface area contributed by atoms with Gasteiger partial charge in [0.15, 0.2) is 0 Å². The van der Waals surface area contributed by atoms with E-state index in [1.807, 2.05) is 6.07 Å². The molecular weight excluding hydrogens is 883 g/mol. The van der Waals surface area contributed by atoms with E-state index >= 15 is 8.78 Å². The van der Waals surface area contributed by atoms with Gasteiger partial charge in [-0.25, -0.2) is 18.7 Å². The van der Waals surface area contributed by atoms with Gasteiger partial charge < -0.3 is 35.3 Å². The maximum atomic E-state index is 15.2. The Kier molecular flexibility index (Phi) is 13.2. The standard InChI is InChI=1S/C53H56F2N8O6/c1-32-40(25-37(54)26-43(32)60-51(67)39-11-10-36(24-42(39)55)52(2,3)68)48-41-28-44(59-49(41)58-31-57-48)34-7-5-33(6-8-34)29-62-21-16-53(30-62)14-19-61(20-15-53)22-17-56-50(66)35-9-12-46(69-4)45(23-35)63-18-13-38(64)27-47(63)65/h5-12,23-26,28,31,68H,13-22,27,29-30H2,1-4H3,(H,56,66)(H,60,67)(H,57,58,59). The molecule has 0 atom stereocenters. The van der Waals surface area contributed by atoms with Crippen molar-refractivity contribution in [3.05, 3.63) is 125 Å². The fraction of sp³-hybridized carbons (Fsp3) is 0.358. The number of hydrogen-bond acceptors (Lipinski definition) is 10. The molecule has 3 fully saturated rings. The summed E-state index contributed by atoms with van der Waals surface area (Å²) in [5.41, 5.74) is 5.17. The molecule has 3 aliphatic rings. The van der Waals surface area contributed by atoms with Gasteiger partial charge in [0.25, 0.3) is 11.8 Å². The lowest BCUT2D eigenvalue weighted by Gasteiger charge is -2.39. The van der Waals surface area contributed by atoms with Crippen LogP contribution in [0.1, 0.15) is 83.4 Å². The summed E-state index contributed by atoms with van der Waals surface area (Å²) in [7, 11) is 1.52. The Morgan fingerprint density at radius 2 is 1.65 bits per heavy atom. The van der Waals surface area contributed by atoms with Gasteiger partial charge in [-0.15, -0.1) is 0 Å². The number of anilines is 2. The minimum absolute atomic E-state index is 0.0850. The van der Waals surface area contributed by atoms with Gasteiger partial charge >= 0.3 is 0 Å². The second kappa shape index (κ2) is 19.3. The quantitative estimate of drug-likeness (QED) is 0.0838. The van der Waals surface area contributed by atoms with Gasteiger partial charge in [0, 0.05) is 67.0 Å². The number of ketones is 1. The van der Waals surface area contributed by atoms with Crippen LogP contribution in [0.5, 0.6) is 5.75 Å². The number of ether oxygens (including phenoxy) is 1. The summed E-state index contributed by atoms with van der Waals surface area (Å²) in [4.78, 5) is 69.7. The highest BCUT2D eigenvalue weighted by molar-refractivity contribution is 6.10. The van der Waals surface area contributed by atoms with Crippen molar-refractivity contribution in [2.75, 3.05) is 63.1 Å². The van der Waals surface area contributed by atoms with Crippen molar-refractivity contribution in [3.63, 3.8) is 0 Å². The molecule has 9 rings (SSSR count). The predicted molar refractivity (Wildman–Crippen MR) is 259 cm³/mol. The van der Waals surface area contributed by atoms with Crippen molar-refractivity contribution < 1.29 is 37.8 Å². The van der Waals surface area contributed by atoms with E-state index in [0.717, 1.165) is 75.9 Å². The average molecular weight is 939 g/mol. The molecule has 3 aliphatic heterocycles. The maximum Gasteiger partial charge on any atom is 0.258 e. The van der Waals surface area contributed by atoms with Crippen molar-refractivity contribution in [3.8, 4) is 28.3 Å². The molecule has 0 radical (unpaired) electrons. The van der Waals surface area contributed by atoms with Crippen LogP contribution in [0.25, 0.3) is 33.5 Å². The van der Waals surface area contributed by atoms with Crippen molar-refractivity contribution in [1.82, 2.24) is 30.1 Å². The topological polar surface area (TPSA) is 173 Å². The maximum absolute atomic E-state index is 15.2. The Labute approximate surface area is 399 Å². The van der Waals surface area contributed by atoms with E-state index in [4.69, 9.17) is 4.74 Å². The number of Topliss-reactive ketones (excluding diaryl/α,β-unsaturated/α-hetero) is 1. The molecule has 4 aromatic carbocycles. The second-order valence-electron chi connectivity index (χ2n) is 19.2. The first-order valence-electron chi connectivity index (χ1n) is 23.4. The van der Waals surface area contributed by atoms with E-state index in [1.54, 1.807) is 25.1 Å². The summed E-state index contributed by atoms with van der Waals surface area (Å²) >= 11 is 0. The third-order valence-electron chi connectivity index (χ3n) is 14.0. The number of aliphatic hydroxyl groups is 1. The Balaban J connectivity index is 0.782. The molecule has 1 spiro atoms. The van der Waals surface area contributed by atoms with Crippen LogP contribution >= 0.6 is 0 Å². The number of benzene rings is 4. The number of H-pyrrole nitrogens is 1. The Bertz CT molecular complexity index is 2960. The average Bonchev–Trinajstić information content (AvgIpc) is 3.94. The number of piperidine rings is 2. The third kappa shape index (κ3) is 10.1. The van der Waals surface area contributed by atoms with Gasteiger partial charge in [0.05, 0.1) is 36.1 Å². The molecule has 2 aromatic heterocycles. The molecule has 3 saturated heterocycles. The summed E-state index contributed by atoms with van der Waals surface area (Å²) in [6, 6.07) is 21.9. The monoisotopic (exact) mass is 938 g/mol. The van der Waals surface area contributed by atoms with Gasteiger partial charge in [-0.2, -0.15) is 0 Å². The molecule has 0 unspecified atom stereocenters. The molecule has 358 valence electrons. The van der Waals surface area contributed by atoms with Gasteiger partial charge in [-0.3, -0.25) is 24.1 Å². The Morgan fingerprint density at radius 1 is 0.899 bits per heavy atom. The smallest absolute Gasteiger partial charge is 0.258 e. The summed E-state index contributed by atoms with van der Waals surface area (Å²) in [6.45, 7) is 11.1. The van der Waals surface area contributed by atoms with Gasteiger partial charge in [0.1, 0.15) is 35.1 Å². The fourth-order valence-electron chi connectivity index (χ4n) is 9.94. The number of nitrogens with one attached hydrogen (secondary N) is 3. The molecular formula is C53H56F2N8O6. The number of aromatic amines is 1. The molecule has 16 heteroatoms. The van der Waals surface area contributed by atoms with Crippen molar-refractivity contribution in [1.29, 1.82) is 0 Å². The largest absolute Gasteiger partial charge is 0.495 e. The van der Waals surface area contributed by atoms with Gasteiger partial charge in [-0.1, -0.05) is 30.3 Å². The number of fused-ring (bicyclic) bond motifs is 1. The number of hydrogen-bond donors (Lipinski definition) is 4. The Hall–Kier alpha value is -6.88. The van der Waals surface area contributed by atoms with Crippen LogP contribution in [-0.2, 0) is 21.7 Å². The molecule has 14 nitrogen and oxygen atoms in total. The van der Waals surface area contributed by atoms with Crippen LogP contribution in [0.2, 0.25) is 0 Å². The van der Waals surface area contributed by atoms with Gasteiger partial charge in [-0.05, 0) is 136 Å². The highest BCUT2D eigenvalue weighted by atomic mass is 19.1. The van der Waals surface area contributed by atoms with Gasteiger partial charge in [0.2, 0.25) is 5.91 Å². The lowest BCUT2D eigenvalue weighted by atomic mass is 9.78. The predicted octanol–water partition coefficient (Wildman–Crippen LogP) is 7.78. The number of amides is 3. The van der Waals surface area contributed by atoms with Crippen molar-refractivity contribution >= 4 is 45.9 Å². The van der Waals surface area contributed by atoms with Crippen molar-refractivity contribution in [2.45, 2.75) is 65.0 Å². The molecule has 4 N–H and O–H groups in total. The zero-order chi connectivity index (χ0) is 48.6. The zero-order valence-corrected chi connectivity index (χ0v) is 39.3. The lowest BCUT2D eigenvalue weighted by Crippen LogP contribution is -2.44. The highest BCUT2D eigenvalue weighted by Crippen LogP contribution is 2.41. The van der Waals surface area contributed by atoms with Crippen molar-refractivity contribution in [2.24, 2.45) is 5.41 Å². The third-order valence-corrected chi connectivity index (χ3v) is 14.0. The van der Waals surface area contributed by atoms with E-state index in [0.29, 0.717) is 57.0 Å². The first-order valence-corrected chi connectivity index (χ1v) is 23.4. The number of likely N-dealkylation sites (tertiary alicyclic amines) is 2. The summed E-state index contributed by atoms with van der Waals surface area (Å²) < 4.78 is 35.7. The molecule has 5 heterocycles. The number of aromatic nitrogens is 3. The number of rotatable bonds is 13. The minimum atomic E-state index is -1.29. The summed E-state index contributed by atoms with van der Waals surface area (Å²) in [6.07, 6.45) is 4.88. The van der Waals surface area contributed by atoms with Crippen LogP contribution in [-0.4, -0.2) is 106 Å². The van der Waals surface area contributed by atoms with E-state index in [2.05, 4.69) is 59.7 Å². The highest BCUT2D eigenvalue weighted by Gasteiger charge is 2.40. The number of nitrogens with zero attached hydrogens (tertiary/aromatic N) is 5. The zero-order valence-electron chi connectivity index (χ0n) is 39.3. The fourth-order valence-corrected chi connectivity index (χ4v) is 9.94. The summed E-state index contributed by atoms with van der Waals surface area (Å²) in [5, 5.41) is 16.6. The number of methoxy groups -OCH3 is 1. The van der Waals surface area contributed by atoms with Crippen LogP contribution < -0.4 is 20.3 Å². The SMILES string of the molecule is COc1ccc(C(=O)NCCN2CCC3(CC2)CCN(Cc2ccc(-c4cc5c(-c6cc(F)cc(NC(=O)c7ccc(C(C)(C)O)cc7F)c6C)ncnc5[nH]4)cc2)C3)cc1N1CCC(=O)CC1=O. The molecule has 0 aliphatic carbocycles. The lowest BCUT2D eigenvalue weighted by molar-refractivity contribution is -0.128. The molecule has 69 heavy (non-hydrogen) atoms. The second-order valence-corrected chi connectivity index (χ2v) is 19.2. The number of carbonyl (C=O) groups excluding carboxylic acids is 4. The molecule has 3 amide bonds. The first kappa shape index (κ1) is 47.2. The van der Waals surface area contributed by atoms with E-state index in [9.17, 15) is 24.3 Å². The summed E-state index contributed by atoms with van der Waals surface area (Å²) in [5.74, 6) is -2.28. The normalized spacial score (nSPS) is 16.7.